The van der Waals surface area contributed by atoms with Crippen LogP contribution < -0.4 is 10.1 Å². The lowest BCUT2D eigenvalue weighted by molar-refractivity contribution is 0.116. The Balaban J connectivity index is 1.93. The number of pyridine rings is 1. The average molecular weight is 265 g/mol. The van der Waals surface area contributed by atoms with Gasteiger partial charge in [-0.3, -0.25) is 4.98 Å². The molecule has 0 aliphatic carbocycles. The Morgan fingerprint density at radius 1 is 1.42 bits per heavy atom. The number of carbonyl (C=O) groups is 1. The Hall–Kier alpha value is -1.66. The summed E-state index contributed by atoms with van der Waals surface area (Å²) >= 11 is 0. The summed E-state index contributed by atoms with van der Waals surface area (Å²) in [5, 5.41) is 3.18. The minimum Gasteiger partial charge on any atom is -0.409 e. The van der Waals surface area contributed by atoms with Crippen molar-refractivity contribution in [2.24, 2.45) is 0 Å². The SMILES string of the molecule is COC(C)c1ccc(OC(=O)N2CCNCC2)cn1. The zero-order valence-corrected chi connectivity index (χ0v) is 11.3. The van der Waals surface area contributed by atoms with E-state index in [-0.39, 0.29) is 12.2 Å². The van der Waals surface area contributed by atoms with Crippen molar-refractivity contribution in [1.82, 2.24) is 15.2 Å². The first-order valence-electron chi connectivity index (χ1n) is 6.37. The van der Waals surface area contributed by atoms with Gasteiger partial charge in [-0.15, -0.1) is 0 Å². The van der Waals surface area contributed by atoms with Crippen molar-refractivity contribution < 1.29 is 14.3 Å². The van der Waals surface area contributed by atoms with Gasteiger partial charge in [0.1, 0.15) is 0 Å². The summed E-state index contributed by atoms with van der Waals surface area (Å²) in [7, 11) is 1.63. The second-order valence-corrected chi connectivity index (χ2v) is 4.40. The van der Waals surface area contributed by atoms with Gasteiger partial charge in [-0.2, -0.15) is 0 Å². The van der Waals surface area contributed by atoms with Gasteiger partial charge in [-0.1, -0.05) is 0 Å². The van der Waals surface area contributed by atoms with Crippen LogP contribution in [0.3, 0.4) is 0 Å². The van der Waals surface area contributed by atoms with Crippen molar-refractivity contribution in [2.75, 3.05) is 33.3 Å². The molecule has 2 rings (SSSR count). The van der Waals surface area contributed by atoms with Gasteiger partial charge >= 0.3 is 6.09 Å². The highest BCUT2D eigenvalue weighted by atomic mass is 16.6. The van der Waals surface area contributed by atoms with Gasteiger partial charge in [0.05, 0.1) is 18.0 Å². The molecule has 1 aromatic heterocycles. The van der Waals surface area contributed by atoms with Gasteiger partial charge in [-0.05, 0) is 19.1 Å². The van der Waals surface area contributed by atoms with Crippen LogP contribution in [0.2, 0.25) is 0 Å². The van der Waals surface area contributed by atoms with Crippen LogP contribution in [0.4, 0.5) is 4.79 Å². The first kappa shape index (κ1) is 13.8. The lowest BCUT2D eigenvalue weighted by Crippen LogP contribution is -2.47. The summed E-state index contributed by atoms with van der Waals surface area (Å²) in [4.78, 5) is 17.8. The van der Waals surface area contributed by atoms with Crippen LogP contribution >= 0.6 is 0 Å². The first-order valence-corrected chi connectivity index (χ1v) is 6.37. The first-order chi connectivity index (χ1) is 9.20. The Bertz CT molecular complexity index is 416. The average Bonchev–Trinajstić information content (AvgIpc) is 2.48. The molecule has 1 saturated heterocycles. The molecule has 0 spiro atoms. The van der Waals surface area contributed by atoms with Crippen LogP contribution in [0.15, 0.2) is 18.3 Å². The van der Waals surface area contributed by atoms with Crippen molar-refractivity contribution >= 4 is 6.09 Å². The number of hydrogen-bond donors (Lipinski definition) is 1. The van der Waals surface area contributed by atoms with Crippen LogP contribution in [0.1, 0.15) is 18.7 Å². The standard InChI is InChI=1S/C13H19N3O3/c1-10(18-2)12-4-3-11(9-15-12)19-13(17)16-7-5-14-6-8-16/h3-4,9-10,14H,5-8H2,1-2H3. The summed E-state index contributed by atoms with van der Waals surface area (Å²) in [6, 6.07) is 3.53. The summed E-state index contributed by atoms with van der Waals surface area (Å²) in [6.45, 7) is 4.86. The molecule has 1 aliphatic rings. The molecule has 0 aromatic carbocycles. The molecule has 1 N–H and O–H groups in total. The van der Waals surface area contributed by atoms with Crippen molar-refractivity contribution in [2.45, 2.75) is 13.0 Å². The number of carbonyl (C=O) groups excluding carboxylic acids is 1. The van der Waals surface area contributed by atoms with Gasteiger partial charge < -0.3 is 19.7 Å². The second-order valence-electron chi connectivity index (χ2n) is 4.40. The van der Waals surface area contributed by atoms with E-state index in [1.165, 1.54) is 0 Å². The molecular weight excluding hydrogens is 246 g/mol. The third-order valence-electron chi connectivity index (χ3n) is 3.11. The largest absolute Gasteiger partial charge is 0.415 e. The fraction of sp³-hybridized carbons (Fsp3) is 0.538. The molecule has 19 heavy (non-hydrogen) atoms. The van der Waals surface area contributed by atoms with E-state index < -0.39 is 0 Å². The number of nitrogens with zero attached hydrogens (tertiary/aromatic N) is 2. The third kappa shape index (κ3) is 3.65. The molecule has 104 valence electrons. The fourth-order valence-corrected chi connectivity index (χ4v) is 1.83. The molecule has 1 fully saturated rings. The van der Waals surface area contributed by atoms with Gasteiger partial charge in [0.15, 0.2) is 5.75 Å². The lowest BCUT2D eigenvalue weighted by atomic mass is 10.2. The van der Waals surface area contributed by atoms with Gasteiger partial charge in [0.25, 0.3) is 0 Å². The van der Waals surface area contributed by atoms with Crippen LogP contribution in [0.5, 0.6) is 5.75 Å². The molecule has 1 aliphatic heterocycles. The Morgan fingerprint density at radius 3 is 2.74 bits per heavy atom. The molecule has 6 heteroatoms. The van der Waals surface area contributed by atoms with E-state index in [9.17, 15) is 4.79 Å². The highest BCUT2D eigenvalue weighted by molar-refractivity contribution is 5.70. The molecule has 2 heterocycles. The highest BCUT2D eigenvalue weighted by Gasteiger charge is 2.18. The number of piperazine rings is 1. The fourth-order valence-electron chi connectivity index (χ4n) is 1.83. The number of ether oxygens (including phenoxy) is 2. The maximum Gasteiger partial charge on any atom is 0.415 e. The van der Waals surface area contributed by atoms with Crippen LogP contribution in [0.25, 0.3) is 0 Å². The molecule has 6 nitrogen and oxygen atoms in total. The molecule has 1 amide bonds. The normalized spacial score (nSPS) is 17.1. The summed E-state index contributed by atoms with van der Waals surface area (Å²) in [5.41, 5.74) is 0.810. The van der Waals surface area contributed by atoms with Crippen molar-refractivity contribution in [3.8, 4) is 5.75 Å². The molecule has 1 atom stereocenters. The van der Waals surface area contributed by atoms with Crippen molar-refractivity contribution in [3.63, 3.8) is 0 Å². The minimum atomic E-state index is -0.323. The van der Waals surface area contributed by atoms with E-state index in [1.54, 1.807) is 30.3 Å². The van der Waals surface area contributed by atoms with Gasteiger partial charge in [0, 0.05) is 33.3 Å². The van der Waals surface area contributed by atoms with Crippen molar-refractivity contribution in [1.29, 1.82) is 0 Å². The van der Waals surface area contributed by atoms with E-state index in [2.05, 4.69) is 10.3 Å². The highest BCUT2D eigenvalue weighted by Crippen LogP contribution is 2.17. The Labute approximate surface area is 112 Å². The third-order valence-corrected chi connectivity index (χ3v) is 3.11. The van der Waals surface area contributed by atoms with Crippen LogP contribution in [-0.4, -0.2) is 49.3 Å². The molecule has 0 radical (unpaired) electrons. The van der Waals surface area contributed by atoms with Crippen molar-refractivity contribution in [3.05, 3.63) is 24.0 Å². The maximum atomic E-state index is 11.9. The van der Waals surface area contributed by atoms with Gasteiger partial charge in [0.2, 0.25) is 0 Å². The zero-order valence-electron chi connectivity index (χ0n) is 11.3. The molecular formula is C13H19N3O3. The smallest absolute Gasteiger partial charge is 0.409 e. The van der Waals surface area contributed by atoms with E-state index >= 15 is 0 Å². The van der Waals surface area contributed by atoms with E-state index in [1.807, 2.05) is 6.92 Å². The lowest BCUT2D eigenvalue weighted by Gasteiger charge is -2.26. The minimum absolute atomic E-state index is 0.0714. The zero-order chi connectivity index (χ0) is 13.7. The summed E-state index contributed by atoms with van der Waals surface area (Å²) < 4.78 is 10.4. The van der Waals surface area contributed by atoms with E-state index in [0.717, 1.165) is 18.8 Å². The number of hydrogen-bond acceptors (Lipinski definition) is 5. The Morgan fingerprint density at radius 2 is 2.16 bits per heavy atom. The summed E-state index contributed by atoms with van der Waals surface area (Å²) in [5.74, 6) is 0.454. The maximum absolute atomic E-state index is 11.9. The summed E-state index contributed by atoms with van der Waals surface area (Å²) in [6.07, 6.45) is 1.15. The molecule has 1 unspecified atom stereocenters. The Kier molecular flexibility index (Phi) is 4.70. The van der Waals surface area contributed by atoms with E-state index in [0.29, 0.717) is 18.8 Å². The molecule has 0 saturated carbocycles. The number of aromatic nitrogens is 1. The molecule has 1 aromatic rings. The number of amides is 1. The van der Waals surface area contributed by atoms with Gasteiger partial charge in [-0.25, -0.2) is 4.79 Å². The van der Waals surface area contributed by atoms with E-state index in [4.69, 9.17) is 9.47 Å². The molecule has 0 bridgehead atoms. The number of nitrogens with one attached hydrogen (secondary N) is 1. The quantitative estimate of drug-likeness (QED) is 0.889. The number of methoxy groups -OCH3 is 1. The number of rotatable bonds is 3. The second kappa shape index (κ2) is 6.49. The van der Waals surface area contributed by atoms with Crippen LogP contribution in [-0.2, 0) is 4.74 Å². The predicted molar refractivity (Wildman–Crippen MR) is 70.1 cm³/mol. The monoisotopic (exact) mass is 265 g/mol. The predicted octanol–water partition coefficient (Wildman–Crippen LogP) is 1.19. The topological polar surface area (TPSA) is 63.7 Å². The van der Waals surface area contributed by atoms with Crippen LogP contribution in [0, 0.1) is 0 Å².